The molecule has 0 atom stereocenters. The van der Waals surface area contributed by atoms with E-state index in [1.807, 2.05) is 20.8 Å². The van der Waals surface area contributed by atoms with Crippen molar-refractivity contribution in [3.8, 4) is 0 Å². The maximum atomic E-state index is 13.5. The number of hydrogen-bond donors (Lipinski definition) is 0. The van der Waals surface area contributed by atoms with E-state index in [2.05, 4.69) is 13.8 Å². The topological polar surface area (TPSA) is 0 Å². The van der Waals surface area contributed by atoms with Crippen molar-refractivity contribution in [2.24, 2.45) is 0 Å². The summed E-state index contributed by atoms with van der Waals surface area (Å²) in [5, 5.41) is 0. The van der Waals surface area contributed by atoms with Crippen LogP contribution in [-0.2, 0) is 0 Å². The van der Waals surface area contributed by atoms with Crippen molar-refractivity contribution in [2.45, 2.75) is 78.8 Å². The van der Waals surface area contributed by atoms with E-state index in [-0.39, 0.29) is 0 Å². The highest BCUT2D eigenvalue weighted by molar-refractivity contribution is 4.75. The van der Waals surface area contributed by atoms with E-state index in [1.165, 1.54) is 6.42 Å². The highest BCUT2D eigenvalue weighted by Gasteiger charge is 2.24. The zero-order valence-electron chi connectivity index (χ0n) is 10.1. The molecule has 0 aromatic carbocycles. The normalized spacial score (nSPS) is 10.6. The maximum absolute atomic E-state index is 13.5. The lowest BCUT2D eigenvalue weighted by Gasteiger charge is -2.22. The van der Waals surface area contributed by atoms with Crippen LogP contribution in [0.2, 0.25) is 0 Å². The standard InChI is InChI=1S/C9H19F.C3H8/c1-4-7-9(10,6-3)8-5-2;1-3-2/h4-8H2,1-3H3;3H2,1-2H3. The van der Waals surface area contributed by atoms with Gasteiger partial charge in [0.1, 0.15) is 5.67 Å². The summed E-state index contributed by atoms with van der Waals surface area (Å²) in [6, 6.07) is 0. The Hall–Kier alpha value is -0.0700. The van der Waals surface area contributed by atoms with Crippen LogP contribution in [0.3, 0.4) is 0 Å². The number of halogens is 1. The van der Waals surface area contributed by atoms with Crippen LogP contribution < -0.4 is 0 Å². The van der Waals surface area contributed by atoms with Gasteiger partial charge in [0, 0.05) is 0 Å². The number of rotatable bonds is 5. The van der Waals surface area contributed by atoms with Crippen molar-refractivity contribution in [3.05, 3.63) is 0 Å². The first-order valence-electron chi connectivity index (χ1n) is 5.79. The molecule has 0 fully saturated rings. The van der Waals surface area contributed by atoms with Gasteiger partial charge in [-0.2, -0.15) is 0 Å². The van der Waals surface area contributed by atoms with E-state index >= 15 is 0 Å². The molecular formula is C12H27F. The van der Waals surface area contributed by atoms with E-state index in [4.69, 9.17) is 0 Å². The lowest BCUT2D eigenvalue weighted by atomic mass is 9.92. The van der Waals surface area contributed by atoms with Crippen molar-refractivity contribution in [2.75, 3.05) is 0 Å². The quantitative estimate of drug-likeness (QED) is 0.564. The molecule has 0 aliphatic heterocycles. The second-order valence-corrected chi connectivity index (χ2v) is 3.71. The van der Waals surface area contributed by atoms with Crippen LogP contribution in [-0.4, -0.2) is 5.67 Å². The van der Waals surface area contributed by atoms with Crippen molar-refractivity contribution in [3.63, 3.8) is 0 Å². The Kier molecular flexibility index (Phi) is 11.9. The molecule has 0 saturated heterocycles. The third kappa shape index (κ3) is 9.85. The molecule has 0 bridgehead atoms. The molecule has 0 nitrogen and oxygen atoms in total. The summed E-state index contributed by atoms with van der Waals surface area (Å²) in [6.45, 7) is 10.3. The number of alkyl halides is 1. The monoisotopic (exact) mass is 190 g/mol. The van der Waals surface area contributed by atoms with Gasteiger partial charge in [-0.25, -0.2) is 4.39 Å². The van der Waals surface area contributed by atoms with Gasteiger partial charge in [0.15, 0.2) is 0 Å². The second kappa shape index (κ2) is 10.0. The van der Waals surface area contributed by atoms with E-state index in [0.717, 1.165) is 25.7 Å². The van der Waals surface area contributed by atoms with Gasteiger partial charge in [-0.15, -0.1) is 0 Å². The molecule has 0 N–H and O–H groups in total. The molecule has 0 rings (SSSR count). The third-order valence-corrected chi connectivity index (χ3v) is 2.03. The summed E-state index contributed by atoms with van der Waals surface area (Å²) < 4.78 is 13.5. The predicted molar refractivity (Wildman–Crippen MR) is 59.9 cm³/mol. The van der Waals surface area contributed by atoms with E-state index in [1.54, 1.807) is 0 Å². The smallest absolute Gasteiger partial charge is 0.110 e. The van der Waals surface area contributed by atoms with Crippen LogP contribution in [0.4, 0.5) is 4.39 Å². The lowest BCUT2D eigenvalue weighted by molar-refractivity contribution is 0.129. The molecule has 0 radical (unpaired) electrons. The van der Waals surface area contributed by atoms with Crippen LogP contribution in [0.25, 0.3) is 0 Å². The van der Waals surface area contributed by atoms with E-state index in [9.17, 15) is 4.39 Å². The summed E-state index contributed by atoms with van der Waals surface area (Å²) in [7, 11) is 0. The summed E-state index contributed by atoms with van der Waals surface area (Å²) in [4.78, 5) is 0. The minimum absolute atomic E-state index is 0.675. The molecule has 0 unspecified atom stereocenters. The molecule has 0 aliphatic carbocycles. The summed E-state index contributed by atoms with van der Waals surface area (Å²) in [5.41, 5.74) is -0.858. The fraction of sp³-hybridized carbons (Fsp3) is 1.00. The van der Waals surface area contributed by atoms with Crippen LogP contribution >= 0.6 is 0 Å². The van der Waals surface area contributed by atoms with Crippen LogP contribution in [0, 0.1) is 0 Å². The van der Waals surface area contributed by atoms with Gasteiger partial charge >= 0.3 is 0 Å². The Bertz CT molecular complexity index is 83.1. The first-order chi connectivity index (χ1) is 6.10. The zero-order valence-corrected chi connectivity index (χ0v) is 10.1. The van der Waals surface area contributed by atoms with Gasteiger partial charge in [-0.1, -0.05) is 53.9 Å². The molecule has 0 amide bonds. The fourth-order valence-corrected chi connectivity index (χ4v) is 1.37. The molecule has 0 heterocycles. The maximum Gasteiger partial charge on any atom is 0.110 e. The van der Waals surface area contributed by atoms with Gasteiger partial charge in [0.25, 0.3) is 0 Å². The van der Waals surface area contributed by atoms with Crippen molar-refractivity contribution in [1.29, 1.82) is 0 Å². The zero-order chi connectivity index (χ0) is 10.7. The highest BCUT2D eigenvalue weighted by atomic mass is 19.1. The second-order valence-electron chi connectivity index (χ2n) is 3.71. The van der Waals surface area contributed by atoms with Crippen molar-refractivity contribution >= 4 is 0 Å². The molecule has 1 heteroatoms. The first kappa shape index (κ1) is 15.4. The minimum atomic E-state index is -0.858. The molecule has 0 aromatic rings. The first-order valence-corrected chi connectivity index (χ1v) is 5.79. The molecule has 82 valence electrons. The largest absolute Gasteiger partial charge is 0.244 e. The van der Waals surface area contributed by atoms with E-state index < -0.39 is 5.67 Å². The number of hydrogen-bond acceptors (Lipinski definition) is 0. The highest BCUT2D eigenvalue weighted by Crippen LogP contribution is 2.27. The van der Waals surface area contributed by atoms with Crippen molar-refractivity contribution < 1.29 is 4.39 Å². The summed E-state index contributed by atoms with van der Waals surface area (Å²) in [6.07, 6.45) is 5.32. The molecule has 0 spiro atoms. The Morgan fingerprint density at radius 1 is 0.846 bits per heavy atom. The molecule has 0 saturated carbocycles. The van der Waals surface area contributed by atoms with E-state index in [0.29, 0.717) is 6.42 Å². The Morgan fingerprint density at radius 3 is 1.31 bits per heavy atom. The Balaban J connectivity index is 0. The predicted octanol–water partition coefficient (Wildman–Crippen LogP) is 5.12. The van der Waals surface area contributed by atoms with Gasteiger partial charge in [0.2, 0.25) is 0 Å². The molecule has 0 aromatic heterocycles. The van der Waals surface area contributed by atoms with Gasteiger partial charge in [0.05, 0.1) is 0 Å². The summed E-state index contributed by atoms with van der Waals surface area (Å²) >= 11 is 0. The Labute approximate surface area is 83.9 Å². The molecular weight excluding hydrogens is 163 g/mol. The minimum Gasteiger partial charge on any atom is -0.244 e. The summed E-state index contributed by atoms with van der Waals surface area (Å²) in [5.74, 6) is 0. The van der Waals surface area contributed by atoms with Crippen LogP contribution in [0.15, 0.2) is 0 Å². The SMILES string of the molecule is CCC.CCCC(F)(CC)CCC. The molecule has 13 heavy (non-hydrogen) atoms. The van der Waals surface area contributed by atoms with Gasteiger partial charge in [-0.3, -0.25) is 0 Å². The fourth-order valence-electron chi connectivity index (χ4n) is 1.37. The molecule has 0 aliphatic rings. The van der Waals surface area contributed by atoms with Gasteiger partial charge < -0.3 is 0 Å². The Morgan fingerprint density at radius 2 is 1.15 bits per heavy atom. The third-order valence-electron chi connectivity index (χ3n) is 2.03. The average Bonchev–Trinajstić information content (AvgIpc) is 2.07. The van der Waals surface area contributed by atoms with Crippen LogP contribution in [0.1, 0.15) is 73.1 Å². The van der Waals surface area contributed by atoms with Crippen LogP contribution in [0.5, 0.6) is 0 Å². The van der Waals surface area contributed by atoms with Gasteiger partial charge in [-0.05, 0) is 19.3 Å². The average molecular weight is 190 g/mol. The lowest BCUT2D eigenvalue weighted by Crippen LogP contribution is -2.20. The van der Waals surface area contributed by atoms with Crippen molar-refractivity contribution in [1.82, 2.24) is 0 Å².